The van der Waals surface area contributed by atoms with Crippen LogP contribution in [0, 0.1) is 13.8 Å². The zero-order valence-electron chi connectivity index (χ0n) is 20.9. The molecule has 0 bridgehead atoms. The number of rotatable bonds is 7. The van der Waals surface area contributed by atoms with Gasteiger partial charge in [0, 0.05) is 0 Å². The van der Waals surface area contributed by atoms with Gasteiger partial charge in [0.1, 0.15) is 11.3 Å². The highest BCUT2D eigenvalue weighted by molar-refractivity contribution is 6.02. The predicted octanol–water partition coefficient (Wildman–Crippen LogP) is 4.41. The van der Waals surface area contributed by atoms with Crippen molar-refractivity contribution in [2.45, 2.75) is 27.3 Å². The maximum Gasteiger partial charge on any atom is 0.335 e. The molecule has 0 fully saturated rings. The van der Waals surface area contributed by atoms with Gasteiger partial charge in [-0.25, -0.2) is 19.3 Å². The van der Waals surface area contributed by atoms with Crippen molar-refractivity contribution in [3.63, 3.8) is 0 Å². The minimum atomic E-state index is -0.749. The summed E-state index contributed by atoms with van der Waals surface area (Å²) < 4.78 is 8.82. The van der Waals surface area contributed by atoms with Crippen LogP contribution in [0.15, 0.2) is 77.6 Å². The quantitative estimate of drug-likeness (QED) is 0.362. The maximum absolute atomic E-state index is 14.0. The summed E-state index contributed by atoms with van der Waals surface area (Å²) in [5.74, 6) is 0.0740. The van der Waals surface area contributed by atoms with E-state index in [0.717, 1.165) is 16.7 Å². The zero-order valence-corrected chi connectivity index (χ0v) is 20.9. The van der Waals surface area contributed by atoms with Gasteiger partial charge in [0.25, 0.3) is 5.91 Å². The summed E-state index contributed by atoms with van der Waals surface area (Å²) in [6.07, 6.45) is 0. The number of amides is 1. The lowest BCUT2D eigenvalue weighted by Gasteiger charge is -2.11. The van der Waals surface area contributed by atoms with E-state index >= 15 is 0 Å². The van der Waals surface area contributed by atoms with Crippen LogP contribution in [0.3, 0.4) is 0 Å². The van der Waals surface area contributed by atoms with Gasteiger partial charge in [-0.3, -0.25) is 9.36 Å². The van der Waals surface area contributed by atoms with E-state index in [9.17, 15) is 9.59 Å². The summed E-state index contributed by atoms with van der Waals surface area (Å²) in [7, 11) is 0. The Hall–Kier alpha value is -4.72. The van der Waals surface area contributed by atoms with Gasteiger partial charge < -0.3 is 10.5 Å². The first-order valence-electron chi connectivity index (χ1n) is 12.1. The molecule has 0 aliphatic carbocycles. The van der Waals surface area contributed by atoms with Crippen molar-refractivity contribution in [2.75, 3.05) is 6.61 Å². The van der Waals surface area contributed by atoms with Crippen LogP contribution in [-0.2, 0) is 6.54 Å². The Bertz CT molecular complexity index is 1690. The van der Waals surface area contributed by atoms with Gasteiger partial charge in [-0.2, -0.15) is 0 Å². The number of primary amides is 1. The van der Waals surface area contributed by atoms with E-state index in [4.69, 9.17) is 15.5 Å². The predicted molar refractivity (Wildman–Crippen MR) is 143 cm³/mol. The van der Waals surface area contributed by atoms with Crippen molar-refractivity contribution >= 4 is 17.1 Å². The van der Waals surface area contributed by atoms with E-state index in [0.29, 0.717) is 29.3 Å². The lowest BCUT2D eigenvalue weighted by atomic mass is 10.1. The standard InChI is InChI=1S/C29H27N5O3/c1-4-37-23-13-9-8-12-22(23)27-31-24(26(30)35)25-28(32-27)34(21-15-14-18(2)19(3)16-21)29(36)33(25)17-20-10-6-5-7-11-20/h5-16H,4,17H2,1-3H3,(H2,30,35). The molecule has 8 heteroatoms. The number of aromatic nitrogens is 4. The molecule has 5 rings (SSSR count). The second kappa shape index (κ2) is 9.73. The van der Waals surface area contributed by atoms with Crippen LogP contribution in [0.2, 0.25) is 0 Å². The molecule has 0 saturated heterocycles. The van der Waals surface area contributed by atoms with Crippen LogP contribution < -0.4 is 16.2 Å². The molecule has 8 nitrogen and oxygen atoms in total. The molecule has 0 atom stereocenters. The minimum absolute atomic E-state index is 0.0260. The first-order valence-corrected chi connectivity index (χ1v) is 12.1. The Morgan fingerprint density at radius 1 is 0.946 bits per heavy atom. The van der Waals surface area contributed by atoms with Crippen molar-refractivity contribution in [1.29, 1.82) is 0 Å². The Kier molecular flexibility index (Phi) is 6.31. The Morgan fingerprint density at radius 3 is 2.38 bits per heavy atom. The smallest absolute Gasteiger partial charge is 0.335 e. The van der Waals surface area contributed by atoms with Gasteiger partial charge in [0.05, 0.1) is 24.4 Å². The Morgan fingerprint density at radius 2 is 1.68 bits per heavy atom. The average Bonchev–Trinajstić information content (AvgIpc) is 3.17. The second-order valence-electron chi connectivity index (χ2n) is 8.82. The number of aryl methyl sites for hydroxylation is 2. The van der Waals surface area contributed by atoms with Crippen molar-refractivity contribution in [2.24, 2.45) is 5.73 Å². The number of hydrogen-bond acceptors (Lipinski definition) is 5. The SMILES string of the molecule is CCOc1ccccc1-c1nc(C(N)=O)c2c(n1)n(-c1ccc(C)c(C)c1)c(=O)n2Cc1ccccc1. The monoisotopic (exact) mass is 493 g/mol. The number of carbonyl (C=O) groups is 1. The summed E-state index contributed by atoms with van der Waals surface area (Å²) in [5, 5.41) is 0. The fraction of sp³-hybridized carbons (Fsp3) is 0.172. The molecule has 0 saturated carbocycles. The molecule has 5 aromatic rings. The number of hydrogen-bond donors (Lipinski definition) is 1. The molecular weight excluding hydrogens is 466 g/mol. The highest BCUT2D eigenvalue weighted by Gasteiger charge is 2.25. The number of nitrogens with two attached hydrogens (primary N) is 1. The van der Waals surface area contributed by atoms with Crippen LogP contribution in [0.25, 0.3) is 28.2 Å². The van der Waals surface area contributed by atoms with Crippen molar-refractivity contribution in [1.82, 2.24) is 19.1 Å². The molecule has 37 heavy (non-hydrogen) atoms. The molecule has 2 N–H and O–H groups in total. The van der Waals surface area contributed by atoms with E-state index in [2.05, 4.69) is 4.98 Å². The number of imidazole rings is 1. The third-order valence-corrected chi connectivity index (χ3v) is 6.36. The molecule has 0 radical (unpaired) electrons. The molecule has 0 aliphatic rings. The fourth-order valence-corrected chi connectivity index (χ4v) is 4.39. The molecule has 2 heterocycles. The van der Waals surface area contributed by atoms with Crippen molar-refractivity contribution in [3.05, 3.63) is 106 Å². The van der Waals surface area contributed by atoms with Crippen LogP contribution in [0.5, 0.6) is 5.75 Å². The van der Waals surface area contributed by atoms with Crippen molar-refractivity contribution < 1.29 is 9.53 Å². The van der Waals surface area contributed by atoms with Gasteiger partial charge in [-0.1, -0.05) is 48.5 Å². The van der Waals surface area contributed by atoms with Gasteiger partial charge >= 0.3 is 5.69 Å². The molecule has 2 aromatic heterocycles. The number of fused-ring (bicyclic) bond motifs is 1. The average molecular weight is 494 g/mol. The summed E-state index contributed by atoms with van der Waals surface area (Å²) in [6, 6.07) is 22.6. The molecule has 3 aromatic carbocycles. The van der Waals surface area contributed by atoms with Gasteiger partial charge in [0.2, 0.25) is 0 Å². The van der Waals surface area contributed by atoms with Crippen LogP contribution in [0.4, 0.5) is 0 Å². The Balaban J connectivity index is 1.87. The van der Waals surface area contributed by atoms with Gasteiger partial charge in [0.15, 0.2) is 17.2 Å². The highest BCUT2D eigenvalue weighted by atomic mass is 16.5. The molecule has 0 unspecified atom stereocenters. The lowest BCUT2D eigenvalue weighted by molar-refractivity contribution is 0.0997. The normalized spacial score (nSPS) is 11.1. The zero-order chi connectivity index (χ0) is 26.1. The number of nitrogens with zero attached hydrogens (tertiary/aromatic N) is 4. The van der Waals surface area contributed by atoms with E-state index in [1.165, 1.54) is 9.13 Å². The third kappa shape index (κ3) is 4.38. The lowest BCUT2D eigenvalue weighted by Crippen LogP contribution is -2.24. The summed E-state index contributed by atoms with van der Waals surface area (Å²) in [5.41, 5.74) is 10.3. The van der Waals surface area contributed by atoms with E-state index < -0.39 is 5.91 Å². The van der Waals surface area contributed by atoms with Crippen LogP contribution >= 0.6 is 0 Å². The van der Waals surface area contributed by atoms with Crippen LogP contribution in [-0.4, -0.2) is 31.6 Å². The summed E-state index contributed by atoms with van der Waals surface area (Å²) in [6.45, 7) is 6.56. The molecule has 0 spiro atoms. The molecule has 186 valence electrons. The van der Waals surface area contributed by atoms with E-state index in [1.807, 2.05) is 93.6 Å². The number of para-hydroxylation sites is 1. The maximum atomic E-state index is 14.0. The first kappa shape index (κ1) is 24.0. The van der Waals surface area contributed by atoms with Crippen molar-refractivity contribution in [3.8, 4) is 22.8 Å². The van der Waals surface area contributed by atoms with Gasteiger partial charge in [-0.15, -0.1) is 0 Å². The largest absolute Gasteiger partial charge is 0.493 e. The number of ether oxygens (including phenoxy) is 1. The Labute approximate surface area is 214 Å². The first-order chi connectivity index (χ1) is 17.9. The number of benzene rings is 3. The fourth-order valence-electron chi connectivity index (χ4n) is 4.39. The second-order valence-corrected chi connectivity index (χ2v) is 8.82. The number of carbonyl (C=O) groups excluding carboxylic acids is 1. The van der Waals surface area contributed by atoms with E-state index in [-0.39, 0.29) is 29.3 Å². The molecule has 0 aliphatic heterocycles. The highest BCUT2D eigenvalue weighted by Crippen LogP contribution is 2.30. The summed E-state index contributed by atoms with van der Waals surface area (Å²) in [4.78, 5) is 36.1. The third-order valence-electron chi connectivity index (χ3n) is 6.36. The van der Waals surface area contributed by atoms with Gasteiger partial charge in [-0.05, 0) is 61.7 Å². The summed E-state index contributed by atoms with van der Waals surface area (Å²) >= 11 is 0. The molecule has 1 amide bonds. The topological polar surface area (TPSA) is 105 Å². The van der Waals surface area contributed by atoms with Crippen LogP contribution in [0.1, 0.15) is 34.1 Å². The van der Waals surface area contributed by atoms with E-state index in [1.54, 1.807) is 0 Å². The molecular formula is C29H27N5O3. The minimum Gasteiger partial charge on any atom is -0.493 e.